The Morgan fingerprint density at radius 2 is 1.50 bits per heavy atom. The maximum Gasteiger partial charge on any atom is 0.340 e. The lowest BCUT2D eigenvalue weighted by molar-refractivity contribution is -0.385. The monoisotopic (exact) mass is 346 g/mol. The predicted molar refractivity (Wildman–Crippen MR) is 102 cm³/mol. The van der Waals surface area contributed by atoms with Crippen LogP contribution in [0.5, 0.6) is 0 Å². The van der Waals surface area contributed by atoms with E-state index in [2.05, 4.69) is 11.2 Å². The summed E-state index contributed by atoms with van der Waals surface area (Å²) in [6.07, 6.45) is 0. The minimum absolute atomic E-state index is 0.0565. The normalized spacial score (nSPS) is 12.0. The van der Waals surface area contributed by atoms with Gasteiger partial charge in [0.15, 0.2) is 5.69 Å². The molecule has 0 atom stereocenters. The van der Waals surface area contributed by atoms with Crippen molar-refractivity contribution in [3.05, 3.63) is 70.5 Å². The molecule has 0 bridgehead atoms. The van der Waals surface area contributed by atoms with Crippen molar-refractivity contribution in [1.29, 1.82) is 0 Å². The van der Waals surface area contributed by atoms with Crippen molar-refractivity contribution >= 4 is 27.2 Å². The van der Waals surface area contributed by atoms with Crippen molar-refractivity contribution in [2.45, 2.75) is 26.2 Å². The summed E-state index contributed by atoms with van der Waals surface area (Å²) in [7, 11) is 0. The van der Waals surface area contributed by atoms with Crippen LogP contribution in [0.2, 0.25) is 0 Å². The van der Waals surface area contributed by atoms with Gasteiger partial charge in [0.05, 0.1) is 4.92 Å². The summed E-state index contributed by atoms with van der Waals surface area (Å²) in [4.78, 5) is 11.5. The van der Waals surface area contributed by atoms with Crippen LogP contribution in [0.4, 0.5) is 5.69 Å². The fourth-order valence-corrected chi connectivity index (χ4v) is 3.38. The van der Waals surface area contributed by atoms with Gasteiger partial charge in [-0.2, -0.15) is 0 Å². The lowest BCUT2D eigenvalue weighted by Crippen LogP contribution is -2.12. The van der Waals surface area contributed by atoms with Crippen molar-refractivity contribution in [1.82, 2.24) is 5.16 Å². The third kappa shape index (κ3) is 2.44. The van der Waals surface area contributed by atoms with Gasteiger partial charge in [-0.3, -0.25) is 10.1 Å². The molecule has 4 rings (SSSR count). The molecule has 3 aromatic carbocycles. The number of aromatic nitrogens is 1. The van der Waals surface area contributed by atoms with Gasteiger partial charge in [-0.05, 0) is 27.6 Å². The minimum Gasteiger partial charge on any atom is -0.353 e. The number of nitrogens with zero attached hydrogens (tertiary/aromatic N) is 2. The Bertz CT molecular complexity index is 1100. The molecule has 0 radical (unpaired) electrons. The molecular weight excluding hydrogens is 328 g/mol. The average Bonchev–Trinajstić information content (AvgIpc) is 3.05. The molecule has 0 amide bonds. The van der Waals surface area contributed by atoms with Crippen LogP contribution < -0.4 is 0 Å². The van der Waals surface area contributed by atoms with Crippen LogP contribution >= 0.6 is 0 Å². The summed E-state index contributed by atoms with van der Waals surface area (Å²) >= 11 is 0. The third-order valence-corrected chi connectivity index (χ3v) is 4.54. The number of rotatable bonds is 2. The van der Waals surface area contributed by atoms with Crippen LogP contribution in [0.15, 0.2) is 59.1 Å². The lowest BCUT2D eigenvalue weighted by atomic mass is 9.89. The largest absolute Gasteiger partial charge is 0.353 e. The van der Waals surface area contributed by atoms with Crippen molar-refractivity contribution in [3.63, 3.8) is 0 Å². The number of hydrogen-bond acceptors (Lipinski definition) is 4. The Morgan fingerprint density at radius 1 is 0.962 bits per heavy atom. The lowest BCUT2D eigenvalue weighted by Gasteiger charge is -2.13. The highest BCUT2D eigenvalue weighted by Gasteiger charge is 2.36. The van der Waals surface area contributed by atoms with E-state index < -0.39 is 5.41 Å². The Balaban J connectivity index is 2.18. The molecule has 0 N–H and O–H groups in total. The molecule has 0 spiro atoms. The van der Waals surface area contributed by atoms with Crippen LogP contribution in [-0.4, -0.2) is 10.1 Å². The van der Waals surface area contributed by atoms with E-state index in [1.807, 2.05) is 69.3 Å². The zero-order valence-electron chi connectivity index (χ0n) is 14.8. The Kier molecular flexibility index (Phi) is 3.54. The third-order valence-electron chi connectivity index (χ3n) is 4.54. The molecule has 1 heterocycles. The summed E-state index contributed by atoms with van der Waals surface area (Å²) in [6.45, 7) is 5.64. The molecule has 5 nitrogen and oxygen atoms in total. The van der Waals surface area contributed by atoms with Gasteiger partial charge in [0, 0.05) is 11.0 Å². The van der Waals surface area contributed by atoms with Crippen LogP contribution in [0.1, 0.15) is 26.5 Å². The predicted octanol–water partition coefficient (Wildman–Crippen LogP) is 5.85. The molecule has 0 fully saturated rings. The minimum atomic E-state index is -0.520. The molecule has 0 unspecified atom stereocenters. The fraction of sp³-hybridized carbons (Fsp3) is 0.190. The first-order valence-corrected chi connectivity index (χ1v) is 8.43. The van der Waals surface area contributed by atoms with Gasteiger partial charge in [-0.15, -0.1) is 0 Å². The van der Waals surface area contributed by atoms with E-state index >= 15 is 0 Å². The topological polar surface area (TPSA) is 69.2 Å². The summed E-state index contributed by atoms with van der Waals surface area (Å²) in [5.74, 6) is 0.287. The Labute approximate surface area is 150 Å². The second-order valence-corrected chi connectivity index (χ2v) is 7.41. The summed E-state index contributed by atoms with van der Waals surface area (Å²) < 4.78 is 5.48. The molecule has 1 aromatic heterocycles. The second kappa shape index (κ2) is 5.66. The molecule has 0 saturated heterocycles. The van der Waals surface area contributed by atoms with Crippen LogP contribution in [0.3, 0.4) is 0 Å². The van der Waals surface area contributed by atoms with E-state index in [4.69, 9.17) is 4.52 Å². The maximum atomic E-state index is 11.9. The van der Waals surface area contributed by atoms with E-state index in [0.29, 0.717) is 0 Å². The van der Waals surface area contributed by atoms with Gasteiger partial charge in [0.1, 0.15) is 0 Å². The van der Waals surface area contributed by atoms with E-state index in [1.54, 1.807) is 0 Å². The zero-order chi connectivity index (χ0) is 18.5. The average molecular weight is 346 g/mol. The molecule has 130 valence electrons. The number of benzene rings is 3. The first-order valence-electron chi connectivity index (χ1n) is 8.43. The van der Waals surface area contributed by atoms with Crippen LogP contribution in [-0.2, 0) is 5.41 Å². The second-order valence-electron chi connectivity index (χ2n) is 7.41. The van der Waals surface area contributed by atoms with Gasteiger partial charge in [-0.25, -0.2) is 0 Å². The highest BCUT2D eigenvalue weighted by molar-refractivity contribution is 6.13. The highest BCUT2D eigenvalue weighted by Crippen LogP contribution is 2.43. The summed E-state index contributed by atoms with van der Waals surface area (Å²) in [6, 6.07) is 17.8. The summed E-state index contributed by atoms with van der Waals surface area (Å²) in [5.41, 5.74) is 0.449. The molecule has 0 aliphatic heterocycles. The fourth-order valence-electron chi connectivity index (χ4n) is 3.38. The first kappa shape index (κ1) is 16.3. The molecule has 0 aliphatic carbocycles. The molecular formula is C21H18N2O3. The van der Waals surface area contributed by atoms with E-state index in [9.17, 15) is 10.1 Å². The van der Waals surface area contributed by atoms with Gasteiger partial charge in [0.2, 0.25) is 5.76 Å². The van der Waals surface area contributed by atoms with Crippen LogP contribution in [0.25, 0.3) is 32.8 Å². The molecule has 4 aromatic rings. The van der Waals surface area contributed by atoms with E-state index in [0.717, 1.165) is 27.1 Å². The first-order chi connectivity index (χ1) is 12.4. The Morgan fingerprint density at radius 3 is 2.00 bits per heavy atom. The van der Waals surface area contributed by atoms with Crippen molar-refractivity contribution in [2.75, 3.05) is 0 Å². The van der Waals surface area contributed by atoms with Crippen molar-refractivity contribution in [2.24, 2.45) is 0 Å². The SMILES string of the molecule is CC(C)(C)c1onc(-c2c3ccccc3cc3ccccc23)c1[N+](=O)[O-]. The van der Waals surface area contributed by atoms with Crippen molar-refractivity contribution in [3.8, 4) is 11.3 Å². The smallest absolute Gasteiger partial charge is 0.340 e. The van der Waals surface area contributed by atoms with E-state index in [1.165, 1.54) is 0 Å². The standard InChI is InChI=1S/C21H18N2O3/c1-21(2,3)20-19(23(24)25)18(22-26-20)17-15-10-6-4-8-13(15)12-14-9-5-7-11-16(14)17/h4-12H,1-3H3. The number of fused-ring (bicyclic) bond motifs is 2. The van der Waals surface area contributed by atoms with Gasteiger partial charge < -0.3 is 4.52 Å². The molecule has 0 saturated carbocycles. The summed E-state index contributed by atoms with van der Waals surface area (Å²) in [5, 5.41) is 19.9. The highest BCUT2D eigenvalue weighted by atomic mass is 16.6. The quantitative estimate of drug-likeness (QED) is 0.259. The van der Waals surface area contributed by atoms with Gasteiger partial charge >= 0.3 is 5.69 Å². The maximum absolute atomic E-state index is 11.9. The number of hydrogen-bond donors (Lipinski definition) is 0. The van der Waals surface area contributed by atoms with Crippen molar-refractivity contribution < 1.29 is 9.45 Å². The molecule has 5 heteroatoms. The Hall–Kier alpha value is -3.21. The van der Waals surface area contributed by atoms with Crippen LogP contribution in [0, 0.1) is 10.1 Å². The number of nitro groups is 1. The molecule has 0 aliphatic rings. The zero-order valence-corrected chi connectivity index (χ0v) is 14.8. The molecule has 26 heavy (non-hydrogen) atoms. The van der Waals surface area contributed by atoms with E-state index in [-0.39, 0.29) is 22.1 Å². The van der Waals surface area contributed by atoms with Gasteiger partial charge in [0.25, 0.3) is 0 Å². The van der Waals surface area contributed by atoms with Gasteiger partial charge in [-0.1, -0.05) is 74.5 Å².